The fourth-order valence-corrected chi connectivity index (χ4v) is 3.03. The van der Waals surface area contributed by atoms with Crippen LogP contribution < -0.4 is 14.8 Å². The lowest BCUT2D eigenvalue weighted by Crippen LogP contribution is -1.97. The van der Waals surface area contributed by atoms with Crippen LogP contribution in [0.4, 0.5) is 11.4 Å². The fraction of sp³-hybridized carbons (Fsp3) is 0.133. The normalized spacial score (nSPS) is 9.86. The van der Waals surface area contributed by atoms with Crippen LogP contribution in [0.2, 0.25) is 0 Å². The highest BCUT2D eigenvalue weighted by Gasteiger charge is 2.10. The molecular formula is C15H12Br2N2O2. The molecule has 0 aromatic heterocycles. The number of methoxy groups -OCH3 is 2. The molecule has 1 N–H and O–H groups in total. The maximum Gasteiger partial charge on any atom is 0.135 e. The van der Waals surface area contributed by atoms with E-state index in [1.807, 2.05) is 12.1 Å². The van der Waals surface area contributed by atoms with E-state index in [0.29, 0.717) is 22.7 Å². The van der Waals surface area contributed by atoms with Crippen molar-refractivity contribution in [1.82, 2.24) is 0 Å². The molecule has 0 radical (unpaired) electrons. The smallest absolute Gasteiger partial charge is 0.135 e. The standard InChI is InChI=1S/C15H12Br2N2O2/c1-20-10-4-3-9(8-18)13(5-10)19-14-7-15(21-2)12(17)6-11(14)16/h3-7,19H,1-2H3. The van der Waals surface area contributed by atoms with Crippen molar-refractivity contribution in [2.75, 3.05) is 19.5 Å². The lowest BCUT2D eigenvalue weighted by molar-refractivity contribution is 0.412. The van der Waals surface area contributed by atoms with Crippen molar-refractivity contribution in [3.05, 3.63) is 44.8 Å². The molecule has 4 nitrogen and oxygen atoms in total. The van der Waals surface area contributed by atoms with Gasteiger partial charge in [0.15, 0.2) is 0 Å². The molecule has 6 heteroatoms. The quantitative estimate of drug-likeness (QED) is 0.781. The van der Waals surface area contributed by atoms with E-state index in [-0.39, 0.29) is 0 Å². The molecule has 2 aromatic carbocycles. The van der Waals surface area contributed by atoms with E-state index in [2.05, 4.69) is 43.2 Å². The fourth-order valence-electron chi connectivity index (χ4n) is 1.78. The van der Waals surface area contributed by atoms with Gasteiger partial charge in [-0.3, -0.25) is 0 Å². The van der Waals surface area contributed by atoms with Gasteiger partial charge in [0, 0.05) is 16.6 Å². The Balaban J connectivity index is 2.45. The van der Waals surface area contributed by atoms with E-state index < -0.39 is 0 Å². The molecule has 0 aliphatic rings. The van der Waals surface area contributed by atoms with Crippen molar-refractivity contribution >= 4 is 43.2 Å². The molecule has 0 aliphatic heterocycles. The first kappa shape index (κ1) is 15.7. The number of halogens is 2. The van der Waals surface area contributed by atoms with Crippen LogP contribution in [-0.2, 0) is 0 Å². The highest BCUT2D eigenvalue weighted by molar-refractivity contribution is 9.11. The van der Waals surface area contributed by atoms with E-state index in [1.165, 1.54) is 0 Å². The van der Waals surface area contributed by atoms with Crippen LogP contribution >= 0.6 is 31.9 Å². The number of nitrogens with zero attached hydrogens (tertiary/aromatic N) is 1. The van der Waals surface area contributed by atoms with Crippen LogP contribution in [0.15, 0.2) is 39.3 Å². The van der Waals surface area contributed by atoms with Crippen molar-refractivity contribution in [3.63, 3.8) is 0 Å². The number of rotatable bonds is 4. The molecular weight excluding hydrogens is 400 g/mol. The minimum Gasteiger partial charge on any atom is -0.497 e. The molecule has 0 unspecified atom stereocenters. The van der Waals surface area contributed by atoms with E-state index in [4.69, 9.17) is 9.47 Å². The van der Waals surface area contributed by atoms with Crippen LogP contribution in [0.25, 0.3) is 0 Å². The van der Waals surface area contributed by atoms with Gasteiger partial charge in [-0.1, -0.05) is 0 Å². The van der Waals surface area contributed by atoms with Gasteiger partial charge in [0.25, 0.3) is 0 Å². The Kier molecular flexibility index (Phi) is 5.10. The number of nitrogens with one attached hydrogen (secondary N) is 1. The molecule has 0 amide bonds. The van der Waals surface area contributed by atoms with Crippen molar-refractivity contribution in [2.45, 2.75) is 0 Å². The molecule has 21 heavy (non-hydrogen) atoms. The highest BCUT2D eigenvalue weighted by atomic mass is 79.9. The summed E-state index contributed by atoms with van der Waals surface area (Å²) in [5.41, 5.74) is 1.99. The average molecular weight is 412 g/mol. The van der Waals surface area contributed by atoms with Crippen LogP contribution in [0.5, 0.6) is 11.5 Å². The SMILES string of the molecule is COc1ccc(C#N)c(Nc2cc(OC)c(Br)cc2Br)c1. The van der Waals surface area contributed by atoms with Crippen LogP contribution in [0, 0.1) is 11.3 Å². The summed E-state index contributed by atoms with van der Waals surface area (Å²) in [6.45, 7) is 0. The summed E-state index contributed by atoms with van der Waals surface area (Å²) in [4.78, 5) is 0. The summed E-state index contributed by atoms with van der Waals surface area (Å²) in [7, 11) is 3.19. The minimum absolute atomic E-state index is 0.532. The van der Waals surface area contributed by atoms with Gasteiger partial charge < -0.3 is 14.8 Å². The van der Waals surface area contributed by atoms with Crippen molar-refractivity contribution in [2.24, 2.45) is 0 Å². The second-order valence-electron chi connectivity index (χ2n) is 4.11. The lowest BCUT2D eigenvalue weighted by Gasteiger charge is -2.13. The third kappa shape index (κ3) is 3.49. The van der Waals surface area contributed by atoms with Crippen molar-refractivity contribution in [1.29, 1.82) is 5.26 Å². The third-order valence-electron chi connectivity index (χ3n) is 2.86. The second-order valence-corrected chi connectivity index (χ2v) is 5.82. The van der Waals surface area contributed by atoms with Gasteiger partial charge >= 0.3 is 0 Å². The van der Waals surface area contributed by atoms with Gasteiger partial charge in [-0.15, -0.1) is 0 Å². The molecule has 0 aliphatic carbocycles. The van der Waals surface area contributed by atoms with E-state index in [1.54, 1.807) is 32.4 Å². The summed E-state index contributed by atoms with van der Waals surface area (Å²) in [5.74, 6) is 1.37. The first-order valence-corrected chi connectivity index (χ1v) is 7.56. The summed E-state index contributed by atoms with van der Waals surface area (Å²) >= 11 is 6.91. The Morgan fingerprint density at radius 2 is 1.76 bits per heavy atom. The molecule has 0 fully saturated rings. The lowest BCUT2D eigenvalue weighted by atomic mass is 10.1. The Morgan fingerprint density at radius 1 is 1.00 bits per heavy atom. The third-order valence-corrected chi connectivity index (χ3v) is 4.13. The predicted molar refractivity (Wildman–Crippen MR) is 89.4 cm³/mol. The Bertz CT molecular complexity index is 712. The first-order chi connectivity index (χ1) is 10.1. The molecule has 0 saturated carbocycles. The van der Waals surface area contributed by atoms with Gasteiger partial charge in [0.2, 0.25) is 0 Å². The Morgan fingerprint density at radius 3 is 2.38 bits per heavy atom. The van der Waals surface area contributed by atoms with Crippen molar-refractivity contribution < 1.29 is 9.47 Å². The topological polar surface area (TPSA) is 54.3 Å². The van der Waals surface area contributed by atoms with Crippen LogP contribution in [-0.4, -0.2) is 14.2 Å². The zero-order chi connectivity index (χ0) is 15.4. The summed E-state index contributed by atoms with van der Waals surface area (Å²) in [6, 6.07) is 11.1. The molecule has 2 aromatic rings. The largest absolute Gasteiger partial charge is 0.497 e. The van der Waals surface area contributed by atoms with E-state index in [0.717, 1.165) is 14.6 Å². The average Bonchev–Trinajstić information content (AvgIpc) is 2.49. The second kappa shape index (κ2) is 6.83. The Hall–Kier alpha value is -1.71. The summed E-state index contributed by atoms with van der Waals surface area (Å²) in [6.07, 6.45) is 0. The molecule has 0 bridgehead atoms. The van der Waals surface area contributed by atoms with E-state index >= 15 is 0 Å². The van der Waals surface area contributed by atoms with Gasteiger partial charge in [-0.05, 0) is 50.1 Å². The summed E-state index contributed by atoms with van der Waals surface area (Å²) in [5, 5.41) is 12.4. The van der Waals surface area contributed by atoms with Gasteiger partial charge in [0.05, 0.1) is 35.6 Å². The molecule has 0 saturated heterocycles. The number of anilines is 2. The first-order valence-electron chi connectivity index (χ1n) is 5.97. The molecule has 108 valence electrons. The van der Waals surface area contributed by atoms with Gasteiger partial charge in [-0.25, -0.2) is 0 Å². The summed E-state index contributed by atoms with van der Waals surface area (Å²) < 4.78 is 12.2. The number of hydrogen-bond donors (Lipinski definition) is 1. The van der Waals surface area contributed by atoms with Gasteiger partial charge in [0.1, 0.15) is 17.6 Å². The van der Waals surface area contributed by atoms with E-state index in [9.17, 15) is 5.26 Å². The Labute approximate surface area is 139 Å². The number of hydrogen-bond acceptors (Lipinski definition) is 4. The van der Waals surface area contributed by atoms with Crippen LogP contribution in [0.1, 0.15) is 5.56 Å². The molecule has 0 spiro atoms. The minimum atomic E-state index is 0.532. The highest BCUT2D eigenvalue weighted by Crippen LogP contribution is 2.37. The predicted octanol–water partition coefficient (Wildman–Crippen LogP) is 4.84. The maximum absolute atomic E-state index is 9.20. The van der Waals surface area contributed by atoms with Crippen LogP contribution in [0.3, 0.4) is 0 Å². The zero-order valence-electron chi connectivity index (χ0n) is 11.4. The number of nitriles is 1. The zero-order valence-corrected chi connectivity index (χ0v) is 14.6. The van der Waals surface area contributed by atoms with Gasteiger partial charge in [-0.2, -0.15) is 5.26 Å². The number of ether oxygens (including phenoxy) is 2. The number of benzene rings is 2. The molecule has 0 atom stereocenters. The monoisotopic (exact) mass is 410 g/mol. The van der Waals surface area contributed by atoms with Crippen molar-refractivity contribution in [3.8, 4) is 17.6 Å². The molecule has 0 heterocycles. The molecule has 2 rings (SSSR count). The maximum atomic E-state index is 9.20.